The van der Waals surface area contributed by atoms with Gasteiger partial charge in [0.2, 0.25) is 0 Å². The van der Waals surface area contributed by atoms with Gasteiger partial charge >= 0.3 is 0 Å². The van der Waals surface area contributed by atoms with Crippen LogP contribution < -0.4 is 21.7 Å². The van der Waals surface area contributed by atoms with Crippen molar-refractivity contribution in [1.82, 2.24) is 97.3 Å². The van der Waals surface area contributed by atoms with E-state index in [2.05, 4.69) is 96.4 Å². The van der Waals surface area contributed by atoms with Crippen molar-refractivity contribution in [2.24, 2.45) is 28.2 Å². The van der Waals surface area contributed by atoms with Gasteiger partial charge in [0.15, 0.2) is 42.3 Å². The largest absolute Gasteiger partial charge is 0.398 e. The summed E-state index contributed by atoms with van der Waals surface area (Å²) in [6, 6.07) is 37.1. The van der Waals surface area contributed by atoms with E-state index < -0.39 is 19.7 Å². The van der Waals surface area contributed by atoms with Gasteiger partial charge in [-0.05, 0) is 202 Å². The van der Waals surface area contributed by atoms with E-state index in [4.69, 9.17) is 86.0 Å². The normalized spacial score (nSPS) is 16.5. The first-order chi connectivity index (χ1) is 64.3. The van der Waals surface area contributed by atoms with Gasteiger partial charge in [-0.1, -0.05) is 70.7 Å². The summed E-state index contributed by atoms with van der Waals surface area (Å²) in [6.45, 7) is 10.4. The van der Waals surface area contributed by atoms with Crippen LogP contribution in [0.25, 0.3) is 89.7 Å². The number of nitrogens with two attached hydrogens (primary N) is 1. The Balaban J connectivity index is 0.000000126. The quantitative estimate of drug-likeness (QED) is 0.0285. The lowest BCUT2D eigenvalue weighted by Crippen LogP contribution is -2.19. The maximum Gasteiger partial charge on any atom is 0.177 e. The average Bonchev–Trinajstić information content (AvgIpc) is 1.40. The van der Waals surface area contributed by atoms with Crippen molar-refractivity contribution in [2.45, 2.75) is 156 Å². The molecule has 4 fully saturated rings. The van der Waals surface area contributed by atoms with Crippen LogP contribution in [0.3, 0.4) is 0 Å². The number of aliphatic hydroxyl groups excluding tert-OH is 1. The van der Waals surface area contributed by atoms with Crippen molar-refractivity contribution in [3.8, 4) is 45.0 Å². The Hall–Kier alpha value is -11.0. The molecule has 4 saturated heterocycles. The fraction of sp³-hybridized carbons (Fsp3) is 0.355. The zero-order valence-corrected chi connectivity index (χ0v) is 82.4. The first kappa shape index (κ1) is 96.1. The number of halogens is 4. The smallest absolute Gasteiger partial charge is 0.177 e. The highest BCUT2D eigenvalue weighted by Crippen LogP contribution is 2.43. The molecule has 20 rings (SSSR count). The maximum absolute atomic E-state index is 12.7. The van der Waals surface area contributed by atoms with Gasteiger partial charge in [0.25, 0.3) is 0 Å². The molecule has 16 aromatic rings. The number of ether oxygens (including phenoxy) is 4. The van der Waals surface area contributed by atoms with Gasteiger partial charge in [-0.15, -0.1) is 23.5 Å². The number of benzene rings is 4. The first-order valence-corrected chi connectivity index (χ1v) is 51.5. The molecule has 0 spiro atoms. The highest BCUT2D eigenvalue weighted by molar-refractivity contribution is 7.99. The second-order valence-corrected chi connectivity index (χ2v) is 40.3. The first-order valence-electron chi connectivity index (χ1n) is 43.7. The minimum Gasteiger partial charge on any atom is -0.398 e. The highest BCUT2D eigenvalue weighted by Gasteiger charge is 2.31. The van der Waals surface area contributed by atoms with Crippen LogP contribution in [0.5, 0.6) is 0 Å². The van der Waals surface area contributed by atoms with Crippen LogP contribution in [0.2, 0.25) is 20.5 Å². The number of nitrogen functional groups attached to an aromatic ring is 1. The van der Waals surface area contributed by atoms with Crippen LogP contribution >= 0.6 is 69.9 Å². The molecule has 4 atom stereocenters. The number of pyridine rings is 4. The standard InChI is InChI=1S/C24H28N6O4S.C23H25ClN6O3S.C23H25ClN6OS.C12H13Cl2N3O.C11H13N3S/c1-15-25-23-20(13-17(14-31)26-24(23)30(15)22-6-4-5-11-34-22)27-19-8-7-16(12-21(19)35(3,32)33)18-9-10-29(2)28-18;1-14-25-22-18(13-20(24)27-23(22)30(14)21-6-4-5-11-33-21)26-17-8-7-15(12-19(17)34(3,31)32)16-9-10-29(2)28-16;1-14-25-22-18(13-20(24)27-23(22)30(14)21-6-4-5-11-31-21)26-17-8-7-15(12-19(17)32-3)16-9-10-29(2)28-16;1-7-15-11-8(13)6-9(14)16-12(11)17(7)10-4-2-3-5-18-10;1-14-6-5-10(13-14)8-3-4-9(12)11(7-8)15-2/h7-10,12-13,22,31H,4-6,11,14H2,1-3H3,(H,26,27);7-10,12-13,21H,4-6,11H2,1-3H3,(H,26,27);7-10,12-13,21H,4-6,11H2,1-3H3,(H,26,27);6,10H,2-5H2,1H3;3-7H,12H2,1-2H3. The summed E-state index contributed by atoms with van der Waals surface area (Å²) < 4.78 is 89.5. The number of sulfone groups is 2. The molecule has 0 aliphatic carbocycles. The molecule has 4 aliphatic heterocycles. The lowest BCUT2D eigenvalue weighted by molar-refractivity contribution is -0.0310. The van der Waals surface area contributed by atoms with Crippen LogP contribution in [0.1, 0.15) is 131 Å². The number of aliphatic hydroxyl groups is 1. The van der Waals surface area contributed by atoms with Crippen LogP contribution in [0.4, 0.5) is 39.8 Å². The molecule has 134 heavy (non-hydrogen) atoms. The van der Waals surface area contributed by atoms with E-state index >= 15 is 0 Å². The Labute approximate surface area is 804 Å². The van der Waals surface area contributed by atoms with Gasteiger partial charge in [-0.25, -0.2) is 56.7 Å². The predicted molar refractivity (Wildman–Crippen MR) is 529 cm³/mol. The second-order valence-electron chi connectivity index (χ2n) is 33.0. The molecule has 4 unspecified atom stereocenters. The monoisotopic (exact) mass is 1970 g/mol. The lowest BCUT2D eigenvalue weighted by atomic mass is 10.1. The second kappa shape index (κ2) is 41.7. The van der Waals surface area contributed by atoms with Crippen molar-refractivity contribution >= 4 is 174 Å². The van der Waals surface area contributed by atoms with Gasteiger partial charge in [-0.3, -0.25) is 37.0 Å². The molecule has 33 nitrogen and oxygen atoms in total. The van der Waals surface area contributed by atoms with E-state index in [1.165, 1.54) is 12.5 Å². The van der Waals surface area contributed by atoms with Gasteiger partial charge < -0.3 is 45.7 Å². The summed E-state index contributed by atoms with van der Waals surface area (Å²) in [5.41, 5.74) is 23.1. The molecule has 6 N–H and O–H groups in total. The number of imidazole rings is 4. The van der Waals surface area contributed by atoms with Crippen molar-refractivity contribution in [1.29, 1.82) is 0 Å². The summed E-state index contributed by atoms with van der Waals surface area (Å²) in [5, 5.41) is 39.2. The molecule has 41 heteroatoms. The number of aryl methyl sites for hydroxylation is 8. The zero-order chi connectivity index (χ0) is 94.6. The number of rotatable bonds is 19. The number of nitrogens with zero attached hydrogens (tertiary/aromatic N) is 20. The van der Waals surface area contributed by atoms with E-state index in [-0.39, 0.29) is 46.5 Å². The third kappa shape index (κ3) is 21.7. The Morgan fingerprint density at radius 1 is 0.388 bits per heavy atom. The SMILES string of the molecule is CSc1cc(-c2ccn(C)n2)ccc1N.CSc1cc(-c2ccn(C)n2)ccc1Nc1cc(Cl)nc2c1nc(C)n2C1CCCCO1.Cc1nc2c(Cl)cc(Cl)nc2n1C1CCCCO1.Cc1nc2c(Nc3ccc(-c4ccn(C)n4)cc3S(C)(=O)=O)cc(CO)nc2n1C1CCCCO1.Cc1nc2c(Nc3ccc(-c4ccn(C)n4)cc3S(C)(=O)=O)cc(Cl)nc2n1C1CCCCO1. The van der Waals surface area contributed by atoms with Gasteiger partial charge in [0.1, 0.15) is 85.7 Å². The molecule has 16 heterocycles. The summed E-state index contributed by atoms with van der Waals surface area (Å²) in [6.07, 6.45) is 25.9. The number of fused-ring (bicyclic) bond motifs is 4. The van der Waals surface area contributed by atoms with E-state index in [1.807, 2.05) is 154 Å². The van der Waals surface area contributed by atoms with Crippen molar-refractivity contribution < 1.29 is 40.9 Å². The van der Waals surface area contributed by atoms with Crippen molar-refractivity contribution in [3.63, 3.8) is 0 Å². The number of hydrogen-bond donors (Lipinski definition) is 5. The van der Waals surface area contributed by atoms with Gasteiger partial charge in [0, 0.05) is 142 Å². The molecule has 0 amide bonds. The van der Waals surface area contributed by atoms with E-state index in [0.717, 1.165) is 174 Å². The minimum absolute atomic E-state index is 0.00853. The van der Waals surface area contributed by atoms with Gasteiger partial charge in [-0.2, -0.15) is 20.4 Å². The molecular weight excluding hydrogens is 1870 g/mol. The van der Waals surface area contributed by atoms with E-state index in [0.29, 0.717) is 113 Å². The topological polar surface area (TPSA) is 382 Å². The molecule has 0 radical (unpaired) electrons. The highest BCUT2D eigenvalue weighted by atomic mass is 35.5. The number of aromatic nitrogens is 20. The van der Waals surface area contributed by atoms with Crippen LogP contribution in [0, 0.1) is 27.7 Å². The molecule has 0 saturated carbocycles. The number of nitrogens with one attached hydrogen (secondary N) is 3. The molecular formula is C93H104Cl4N24O9S4. The van der Waals surface area contributed by atoms with Crippen molar-refractivity contribution in [3.05, 3.63) is 196 Å². The average molecular weight is 1970 g/mol. The fourth-order valence-electron chi connectivity index (χ4n) is 16.8. The molecule has 4 aromatic carbocycles. The molecule has 12 aromatic heterocycles. The summed E-state index contributed by atoms with van der Waals surface area (Å²) in [5.74, 6) is 3.23. The van der Waals surface area contributed by atoms with Gasteiger partial charge in [0.05, 0.1) is 84.0 Å². The molecule has 4 aliphatic rings. The maximum atomic E-state index is 12.7. The summed E-state index contributed by atoms with van der Waals surface area (Å²) >= 11 is 28.3. The summed E-state index contributed by atoms with van der Waals surface area (Å²) in [4.78, 5) is 39.3. The van der Waals surface area contributed by atoms with Crippen LogP contribution in [-0.4, -0.2) is 171 Å². The molecule has 0 bridgehead atoms. The Morgan fingerprint density at radius 3 is 1.04 bits per heavy atom. The number of thioether (sulfide) groups is 2. The third-order valence-electron chi connectivity index (χ3n) is 23.2. The van der Waals surface area contributed by atoms with Crippen molar-refractivity contribution in [2.75, 3.05) is 73.1 Å². The van der Waals surface area contributed by atoms with E-state index in [1.54, 1.807) is 86.2 Å². The number of anilines is 7. The fourth-order valence-corrected chi connectivity index (χ4v) is 20.5. The number of hydrogen-bond acceptors (Lipinski definition) is 27. The summed E-state index contributed by atoms with van der Waals surface area (Å²) in [7, 11) is 0.334. The predicted octanol–water partition coefficient (Wildman–Crippen LogP) is 20.2. The zero-order valence-electron chi connectivity index (χ0n) is 76.1. The van der Waals surface area contributed by atoms with Crippen LogP contribution in [-0.2, 0) is 73.4 Å². The third-order valence-corrected chi connectivity index (χ3v) is 27.9. The lowest BCUT2D eigenvalue weighted by Gasteiger charge is -2.25. The Bertz CT molecular complexity index is 7230. The minimum atomic E-state index is -3.57. The van der Waals surface area contributed by atoms with Crippen LogP contribution in [0.15, 0.2) is 166 Å². The Kier molecular flexibility index (Phi) is 29.9. The van der Waals surface area contributed by atoms with E-state index in [9.17, 15) is 21.9 Å². The Morgan fingerprint density at radius 2 is 0.701 bits per heavy atom. The molecule has 702 valence electrons.